The summed E-state index contributed by atoms with van der Waals surface area (Å²) in [6, 6.07) is 14.8. The fourth-order valence-electron chi connectivity index (χ4n) is 5.77. The molecule has 23 nitrogen and oxygen atoms in total. The summed E-state index contributed by atoms with van der Waals surface area (Å²) in [7, 11) is 0. The van der Waals surface area contributed by atoms with E-state index >= 15 is 0 Å². The van der Waals surface area contributed by atoms with Crippen LogP contribution in [-0.2, 0) is 65.6 Å². The maximum atomic E-state index is 13.1. The van der Waals surface area contributed by atoms with Gasteiger partial charge in [-0.3, -0.25) is 24.0 Å². The molecule has 0 saturated carbocycles. The van der Waals surface area contributed by atoms with Crippen LogP contribution in [0.5, 0.6) is 0 Å². The number of amides is 5. The van der Waals surface area contributed by atoms with Crippen molar-refractivity contribution in [2.45, 2.75) is 65.5 Å². The molecule has 4 aromatic rings. The summed E-state index contributed by atoms with van der Waals surface area (Å²) in [4.78, 5) is 80.0. The summed E-state index contributed by atoms with van der Waals surface area (Å²) in [6.07, 6.45) is -0.377. The number of carbonyl (C=O) groups excluding carboxylic acids is 6. The van der Waals surface area contributed by atoms with Gasteiger partial charge >= 0.3 is 5.97 Å². The molecule has 2 aromatic heterocycles. The number of hydrogen-bond acceptors (Lipinski definition) is 19. The highest BCUT2D eigenvalue weighted by Gasteiger charge is 2.33. The molecule has 0 radical (unpaired) electrons. The first kappa shape index (κ1) is 49.2. The van der Waals surface area contributed by atoms with E-state index in [1.165, 1.54) is 4.90 Å². The lowest BCUT2D eigenvalue weighted by molar-refractivity contribution is -0.197. The highest BCUT2D eigenvalue weighted by atomic mass is 16.7. The van der Waals surface area contributed by atoms with E-state index in [1.807, 2.05) is 48.5 Å². The topological polar surface area (TPSA) is 282 Å². The van der Waals surface area contributed by atoms with Crippen molar-refractivity contribution >= 4 is 35.5 Å². The summed E-state index contributed by atoms with van der Waals surface area (Å²) in [6.45, 7) is 5.91. The molecule has 1 saturated heterocycles. The van der Waals surface area contributed by atoms with Gasteiger partial charge in [-0.2, -0.15) is 0 Å². The van der Waals surface area contributed by atoms with E-state index in [-0.39, 0.29) is 116 Å². The molecule has 0 bridgehead atoms. The van der Waals surface area contributed by atoms with Gasteiger partial charge in [0, 0.05) is 69.4 Å². The molecular weight excluding hydrogens is 849 g/mol. The number of hydrogen-bond donors (Lipinski definition) is 2. The van der Waals surface area contributed by atoms with Crippen LogP contribution >= 0.6 is 0 Å². The molecule has 0 aliphatic carbocycles. The number of nitrogens with one attached hydrogen (secondary N) is 2. The SMILES string of the molecule is Cc1nnc(-c2ccc(CNC(=O)CCOCCOCCN(CCOCCOCCC(=O)NCc3ccc(-c4nnc(C)nn4)cc3)C(=O)CCC(=O)ON3C(=O)CCC3=O)cc2)nn1. The molecule has 5 amide bonds. The maximum absolute atomic E-state index is 13.1. The van der Waals surface area contributed by atoms with Crippen molar-refractivity contribution in [1.82, 2.24) is 61.4 Å². The molecule has 1 aliphatic heterocycles. The van der Waals surface area contributed by atoms with Crippen molar-refractivity contribution in [1.29, 1.82) is 0 Å². The summed E-state index contributed by atoms with van der Waals surface area (Å²) in [5, 5.41) is 37.9. The molecule has 0 atom stereocenters. The van der Waals surface area contributed by atoms with Crippen LogP contribution in [0.2, 0.25) is 0 Å². The van der Waals surface area contributed by atoms with E-state index in [2.05, 4.69) is 51.4 Å². The lowest BCUT2D eigenvalue weighted by atomic mass is 10.1. The fraction of sp³-hybridized carbons (Fsp3) is 0.476. The van der Waals surface area contributed by atoms with Crippen LogP contribution in [0.1, 0.15) is 61.3 Å². The van der Waals surface area contributed by atoms with E-state index in [4.69, 9.17) is 23.8 Å². The highest BCUT2D eigenvalue weighted by Crippen LogP contribution is 2.16. The molecule has 0 unspecified atom stereocenters. The van der Waals surface area contributed by atoms with Crippen molar-refractivity contribution in [2.75, 3.05) is 65.9 Å². The van der Waals surface area contributed by atoms with Gasteiger partial charge < -0.3 is 39.3 Å². The van der Waals surface area contributed by atoms with Crippen LogP contribution in [0.4, 0.5) is 0 Å². The summed E-state index contributed by atoms with van der Waals surface area (Å²) in [5.41, 5.74) is 3.31. The smallest absolute Gasteiger partial charge is 0.333 e. The largest absolute Gasteiger partial charge is 0.379 e. The Labute approximate surface area is 374 Å². The van der Waals surface area contributed by atoms with Gasteiger partial charge in [0.05, 0.1) is 59.3 Å². The third kappa shape index (κ3) is 17.7. The van der Waals surface area contributed by atoms with Crippen LogP contribution in [0.3, 0.4) is 0 Å². The average Bonchev–Trinajstić information content (AvgIpc) is 3.63. The van der Waals surface area contributed by atoms with E-state index in [0.29, 0.717) is 41.5 Å². The first-order chi connectivity index (χ1) is 31.5. The zero-order chi connectivity index (χ0) is 46.2. The second-order valence-corrected chi connectivity index (χ2v) is 14.4. The molecule has 0 spiro atoms. The van der Waals surface area contributed by atoms with Crippen LogP contribution in [-0.4, -0.2) is 152 Å². The number of imide groups is 1. The Hall–Kier alpha value is -6.82. The number of carbonyl (C=O) groups is 6. The molecule has 2 N–H and O–H groups in total. The molecule has 23 heteroatoms. The van der Waals surface area contributed by atoms with Crippen molar-refractivity contribution in [3.63, 3.8) is 0 Å². The van der Waals surface area contributed by atoms with E-state index in [9.17, 15) is 28.8 Å². The third-order valence-corrected chi connectivity index (χ3v) is 9.36. The Morgan fingerprint density at radius 2 is 0.938 bits per heavy atom. The summed E-state index contributed by atoms with van der Waals surface area (Å²) >= 11 is 0. The van der Waals surface area contributed by atoms with E-state index < -0.39 is 23.7 Å². The lowest BCUT2D eigenvalue weighted by Gasteiger charge is -2.23. The van der Waals surface area contributed by atoms with Crippen LogP contribution in [0.15, 0.2) is 48.5 Å². The van der Waals surface area contributed by atoms with E-state index in [0.717, 1.165) is 22.3 Å². The van der Waals surface area contributed by atoms with Crippen molar-refractivity contribution in [3.05, 3.63) is 71.3 Å². The molecule has 346 valence electrons. The van der Waals surface area contributed by atoms with Crippen molar-refractivity contribution in [2.24, 2.45) is 0 Å². The van der Waals surface area contributed by atoms with Gasteiger partial charge in [-0.25, -0.2) is 4.79 Å². The van der Waals surface area contributed by atoms with Crippen LogP contribution in [0, 0.1) is 13.8 Å². The van der Waals surface area contributed by atoms with Crippen LogP contribution < -0.4 is 10.6 Å². The molecule has 5 rings (SSSR count). The zero-order valence-corrected chi connectivity index (χ0v) is 36.3. The van der Waals surface area contributed by atoms with Gasteiger partial charge in [-0.15, -0.1) is 45.9 Å². The molecular formula is C42H52N12O11. The van der Waals surface area contributed by atoms with Crippen molar-refractivity contribution < 1.29 is 52.6 Å². The molecule has 65 heavy (non-hydrogen) atoms. The first-order valence-electron chi connectivity index (χ1n) is 21.0. The Bertz CT molecular complexity index is 2030. The first-order valence-corrected chi connectivity index (χ1v) is 21.0. The monoisotopic (exact) mass is 900 g/mol. The normalized spacial score (nSPS) is 12.3. The van der Waals surface area contributed by atoms with Crippen LogP contribution in [0.25, 0.3) is 22.8 Å². The quantitative estimate of drug-likeness (QED) is 0.0589. The average molecular weight is 901 g/mol. The molecule has 1 aliphatic rings. The highest BCUT2D eigenvalue weighted by molar-refractivity contribution is 6.01. The number of ether oxygens (including phenoxy) is 4. The minimum Gasteiger partial charge on any atom is -0.379 e. The Morgan fingerprint density at radius 3 is 1.35 bits per heavy atom. The minimum atomic E-state index is -0.885. The minimum absolute atomic E-state index is 0.0428. The second kappa shape index (κ2) is 26.7. The standard InChI is InChI=1S/C42H52N12O11/c1-29-45-49-41(50-46-29)33-7-3-31(4-8-33)27-43-35(55)15-19-61-23-25-63-21-17-53(37(57)13-14-40(60)65-54-38(58)11-12-39(54)59)18-22-64-26-24-62-20-16-36(56)44-28-32-5-9-34(10-6-32)42-51-47-30(2)48-52-42/h3-10H,11-28H2,1-2H3,(H,43,55)(H,44,56). The van der Waals surface area contributed by atoms with Gasteiger partial charge in [-0.1, -0.05) is 48.5 Å². The number of aromatic nitrogens is 8. The molecule has 1 fully saturated rings. The Kier molecular flexibility index (Phi) is 20.2. The van der Waals surface area contributed by atoms with Crippen molar-refractivity contribution in [3.8, 4) is 22.8 Å². The number of nitrogens with zero attached hydrogens (tertiary/aromatic N) is 10. The summed E-state index contributed by atoms with van der Waals surface area (Å²) in [5.74, 6) is -1.08. The lowest BCUT2D eigenvalue weighted by Crippen LogP contribution is -2.37. The third-order valence-electron chi connectivity index (χ3n) is 9.36. The predicted octanol–water partition coefficient (Wildman–Crippen LogP) is 0.793. The Morgan fingerprint density at radius 1 is 0.538 bits per heavy atom. The molecule has 3 heterocycles. The van der Waals surface area contributed by atoms with Gasteiger partial charge in [0.1, 0.15) is 0 Å². The second-order valence-electron chi connectivity index (χ2n) is 14.4. The number of aryl methyl sites for hydroxylation is 2. The fourth-order valence-corrected chi connectivity index (χ4v) is 5.77. The van der Waals surface area contributed by atoms with Gasteiger partial charge in [0.2, 0.25) is 29.4 Å². The Balaban J connectivity index is 0.926. The van der Waals surface area contributed by atoms with E-state index in [1.54, 1.807) is 13.8 Å². The van der Waals surface area contributed by atoms with Gasteiger partial charge in [-0.05, 0) is 25.0 Å². The predicted molar refractivity (Wildman–Crippen MR) is 225 cm³/mol. The number of hydroxylamine groups is 2. The number of rotatable bonds is 28. The number of benzene rings is 2. The maximum Gasteiger partial charge on any atom is 0.333 e. The zero-order valence-electron chi connectivity index (χ0n) is 36.3. The van der Waals surface area contributed by atoms with Gasteiger partial charge in [0.25, 0.3) is 11.8 Å². The van der Waals surface area contributed by atoms with Gasteiger partial charge in [0.15, 0.2) is 11.6 Å². The summed E-state index contributed by atoms with van der Waals surface area (Å²) < 4.78 is 22.4. The molecule has 2 aromatic carbocycles.